The number of hydrogen-bond donors (Lipinski definition) is 2. The van der Waals surface area contributed by atoms with Crippen molar-refractivity contribution in [2.24, 2.45) is 18.7 Å². The van der Waals surface area contributed by atoms with Crippen molar-refractivity contribution in [2.45, 2.75) is 26.3 Å². The van der Waals surface area contributed by atoms with Crippen LogP contribution in [-0.4, -0.2) is 124 Å². The molecule has 4 heterocycles. The highest BCUT2D eigenvalue weighted by molar-refractivity contribution is 6.34. The van der Waals surface area contributed by atoms with Crippen LogP contribution in [0.15, 0.2) is 42.7 Å². The molecule has 292 valence electrons. The van der Waals surface area contributed by atoms with E-state index in [1.165, 1.54) is 42.1 Å². The molecule has 2 saturated heterocycles. The van der Waals surface area contributed by atoms with Crippen LogP contribution in [0.2, 0.25) is 5.02 Å². The first kappa shape index (κ1) is 39.5. The quantitative estimate of drug-likeness (QED) is 0.220. The number of primary amides is 1. The van der Waals surface area contributed by atoms with E-state index in [1.54, 1.807) is 40.8 Å². The third kappa shape index (κ3) is 8.40. The fourth-order valence-electron chi connectivity index (χ4n) is 7.39. The summed E-state index contributed by atoms with van der Waals surface area (Å²) in [6, 6.07) is 7.43. The number of carbonyl (C=O) groups excluding carboxylic acids is 4. The maximum atomic E-state index is 15.5. The average Bonchev–Trinajstić information content (AvgIpc) is 3.72. The number of ether oxygens (including phenoxy) is 1. The Morgan fingerprint density at radius 3 is 2.31 bits per heavy atom. The summed E-state index contributed by atoms with van der Waals surface area (Å²) in [5, 5.41) is 7.19. The van der Waals surface area contributed by atoms with Gasteiger partial charge >= 0.3 is 0 Å². The number of quaternary nitrogens is 1. The number of nitrogens with two attached hydrogens (primary N) is 1. The summed E-state index contributed by atoms with van der Waals surface area (Å²) in [7, 11) is 5.07. The van der Waals surface area contributed by atoms with Crippen LogP contribution in [0.3, 0.4) is 0 Å². The van der Waals surface area contributed by atoms with Crippen molar-refractivity contribution >= 4 is 40.9 Å². The Kier molecular flexibility index (Phi) is 11.7. The third-order valence-electron chi connectivity index (χ3n) is 10.6. The summed E-state index contributed by atoms with van der Waals surface area (Å²) >= 11 is 6.54. The number of likely N-dealkylation sites (tertiary alicyclic amines) is 1. The molecular weight excluding hydrogens is 736 g/mol. The number of aryl methyl sites for hydroxylation is 1. The lowest BCUT2D eigenvalue weighted by Gasteiger charge is -2.41. The molecule has 6 rings (SSSR count). The van der Waals surface area contributed by atoms with Crippen LogP contribution < -0.4 is 11.1 Å². The van der Waals surface area contributed by atoms with E-state index in [0.29, 0.717) is 86.7 Å². The maximum Gasteiger partial charge on any atom is 0.291 e. The van der Waals surface area contributed by atoms with E-state index in [4.69, 9.17) is 22.1 Å². The number of imidazole rings is 1. The SMILES string of the molecule is COCCn1cc(-c2ccc(-c3cnc(C(=O)Nc4ccc(C(=O)N5CCN(C(=O)[C@H]6CC[N@+](C)(CC(N)=O)CC6)CC5)c(Cl)c4)n3C)c(F)c2F)c(C)n1. The highest BCUT2D eigenvalue weighted by Crippen LogP contribution is 2.33. The highest BCUT2D eigenvalue weighted by atomic mass is 35.5. The number of piperazine rings is 1. The number of rotatable bonds is 11. The Morgan fingerprint density at radius 2 is 1.65 bits per heavy atom. The van der Waals surface area contributed by atoms with E-state index < -0.39 is 17.5 Å². The lowest BCUT2D eigenvalue weighted by molar-refractivity contribution is -0.907. The molecule has 0 unspecified atom stereocenters. The Hall–Kier alpha value is -5.19. The second-order valence-corrected chi connectivity index (χ2v) is 14.8. The number of nitrogens with one attached hydrogen (secondary N) is 1. The number of nitrogens with zero attached hydrogens (tertiary/aromatic N) is 7. The van der Waals surface area contributed by atoms with Gasteiger partial charge in [0, 0.05) is 87.7 Å². The molecule has 2 aromatic heterocycles. The summed E-state index contributed by atoms with van der Waals surface area (Å²) < 4.78 is 39.6. The number of benzene rings is 2. The van der Waals surface area contributed by atoms with Crippen LogP contribution >= 0.6 is 11.6 Å². The zero-order chi connectivity index (χ0) is 39.6. The van der Waals surface area contributed by atoms with Crippen molar-refractivity contribution in [1.29, 1.82) is 0 Å². The molecular formula is C38H45ClF2N9O5+. The van der Waals surface area contributed by atoms with Gasteiger partial charge in [-0.25, -0.2) is 13.8 Å². The number of methoxy groups -OCH3 is 1. The van der Waals surface area contributed by atoms with Crippen molar-refractivity contribution < 1.29 is 37.2 Å². The molecule has 0 aliphatic carbocycles. The van der Waals surface area contributed by atoms with Crippen LogP contribution in [0, 0.1) is 24.5 Å². The fourth-order valence-corrected chi connectivity index (χ4v) is 7.65. The average molecular weight is 781 g/mol. The number of amides is 4. The van der Waals surface area contributed by atoms with Gasteiger partial charge < -0.3 is 34.6 Å². The number of anilines is 1. The first-order valence-electron chi connectivity index (χ1n) is 18.0. The number of halogens is 3. The zero-order valence-electron chi connectivity index (χ0n) is 31.3. The van der Waals surface area contributed by atoms with Crippen molar-refractivity contribution in [3.8, 4) is 22.4 Å². The van der Waals surface area contributed by atoms with Gasteiger partial charge in [0.15, 0.2) is 24.0 Å². The first-order chi connectivity index (χ1) is 26.2. The second-order valence-electron chi connectivity index (χ2n) is 14.4. The fraction of sp³-hybridized carbons (Fsp3) is 0.421. The van der Waals surface area contributed by atoms with Crippen LogP contribution in [-0.2, 0) is 27.9 Å². The molecule has 0 spiro atoms. The Balaban J connectivity index is 1.06. The largest absolute Gasteiger partial charge is 0.383 e. The van der Waals surface area contributed by atoms with Crippen LogP contribution in [0.25, 0.3) is 22.4 Å². The number of likely N-dealkylation sites (N-methyl/N-ethyl adjacent to an activating group) is 1. The second kappa shape index (κ2) is 16.3. The summed E-state index contributed by atoms with van der Waals surface area (Å²) in [5.41, 5.74) is 7.10. The standard InChI is InChI=1S/C38H44ClF2N9O5/c1-23-29(21-49(45-23)15-18-55-4)26-7-8-28(34(41)33(26)40)31-20-43-35(46(31)2)36(52)44-25-5-6-27(30(39)19-25)38(54)48-13-11-47(12-14-48)37(53)24-9-16-50(3,17-10-24)22-32(42)51/h5-8,19-21,24H,9-18,22H2,1-4H3,(H2-,42,44,51,52,54)/p+1/t24-,50-. The molecule has 0 bridgehead atoms. The van der Waals surface area contributed by atoms with Crippen molar-refractivity contribution in [2.75, 3.05) is 71.9 Å². The number of carbonyl (C=O) groups is 4. The minimum absolute atomic E-state index is 0.0563. The molecule has 2 aromatic carbocycles. The first-order valence-corrected chi connectivity index (χ1v) is 18.4. The number of hydrogen-bond acceptors (Lipinski definition) is 7. The Morgan fingerprint density at radius 1 is 1.00 bits per heavy atom. The van der Waals surface area contributed by atoms with Crippen LogP contribution in [0.5, 0.6) is 0 Å². The summed E-state index contributed by atoms with van der Waals surface area (Å²) in [4.78, 5) is 59.0. The number of piperidine rings is 1. The number of aromatic nitrogens is 4. The maximum absolute atomic E-state index is 15.5. The molecule has 2 aliphatic rings. The molecule has 0 saturated carbocycles. The molecule has 55 heavy (non-hydrogen) atoms. The van der Waals surface area contributed by atoms with Crippen molar-refractivity contribution in [3.63, 3.8) is 0 Å². The van der Waals surface area contributed by atoms with Gasteiger partial charge in [-0.1, -0.05) is 17.7 Å². The molecule has 0 radical (unpaired) electrons. The molecule has 4 amide bonds. The van der Waals surface area contributed by atoms with E-state index in [2.05, 4.69) is 15.4 Å². The van der Waals surface area contributed by atoms with E-state index in [0.717, 1.165) is 0 Å². The van der Waals surface area contributed by atoms with E-state index in [9.17, 15) is 19.2 Å². The summed E-state index contributed by atoms with van der Waals surface area (Å²) in [6.07, 6.45) is 4.29. The van der Waals surface area contributed by atoms with Gasteiger partial charge in [-0.3, -0.25) is 23.9 Å². The predicted molar refractivity (Wildman–Crippen MR) is 201 cm³/mol. The van der Waals surface area contributed by atoms with Gasteiger partial charge in [-0.15, -0.1) is 0 Å². The van der Waals surface area contributed by atoms with Gasteiger partial charge in [-0.2, -0.15) is 5.10 Å². The van der Waals surface area contributed by atoms with Gasteiger partial charge in [0.05, 0.1) is 61.5 Å². The summed E-state index contributed by atoms with van der Waals surface area (Å²) in [6.45, 7) is 5.73. The smallest absolute Gasteiger partial charge is 0.291 e. The molecule has 4 aromatic rings. The molecule has 17 heteroatoms. The highest BCUT2D eigenvalue weighted by Gasteiger charge is 2.37. The molecule has 2 fully saturated rings. The molecule has 0 atom stereocenters. The van der Waals surface area contributed by atoms with E-state index in [1.807, 2.05) is 7.05 Å². The lowest BCUT2D eigenvalue weighted by atomic mass is 9.93. The van der Waals surface area contributed by atoms with E-state index in [-0.39, 0.29) is 63.4 Å². The molecule has 3 N–H and O–H groups in total. The van der Waals surface area contributed by atoms with Crippen molar-refractivity contribution in [1.82, 2.24) is 29.1 Å². The minimum atomic E-state index is -1.09. The van der Waals surface area contributed by atoms with Gasteiger partial charge in [0.1, 0.15) is 0 Å². The molecule has 14 nitrogen and oxygen atoms in total. The van der Waals surface area contributed by atoms with Crippen molar-refractivity contribution in [3.05, 3.63) is 76.5 Å². The van der Waals surface area contributed by atoms with Crippen LogP contribution in [0.4, 0.5) is 14.5 Å². The zero-order valence-corrected chi connectivity index (χ0v) is 32.0. The lowest BCUT2D eigenvalue weighted by Crippen LogP contribution is -2.57. The minimum Gasteiger partial charge on any atom is -0.383 e. The molecule has 2 aliphatic heterocycles. The van der Waals surface area contributed by atoms with Gasteiger partial charge in [-0.05, 0) is 31.2 Å². The van der Waals surface area contributed by atoms with Crippen LogP contribution in [0.1, 0.15) is 39.5 Å². The van der Waals surface area contributed by atoms with E-state index >= 15 is 8.78 Å². The predicted octanol–water partition coefficient (Wildman–Crippen LogP) is 3.72. The normalized spacial score (nSPS) is 18.7. The Labute approximate surface area is 322 Å². The van der Waals surface area contributed by atoms with Gasteiger partial charge in [0.25, 0.3) is 17.7 Å². The topological polar surface area (TPSA) is 158 Å². The summed E-state index contributed by atoms with van der Waals surface area (Å²) in [5.74, 6) is -3.53. The van der Waals surface area contributed by atoms with Gasteiger partial charge in [0.2, 0.25) is 5.91 Å². The third-order valence-corrected chi connectivity index (χ3v) is 10.9. The monoisotopic (exact) mass is 780 g/mol. The Bertz CT molecular complexity index is 2120.